The van der Waals surface area contributed by atoms with E-state index in [4.69, 9.17) is 23.3 Å². The van der Waals surface area contributed by atoms with Crippen LogP contribution in [0.4, 0.5) is 0 Å². The van der Waals surface area contributed by atoms with Gasteiger partial charge in [0.05, 0.1) is 19.8 Å². The number of phosphoric ester groups is 1. The highest BCUT2D eigenvalue weighted by Gasteiger charge is 2.28. The molecule has 12 heteroatoms. The van der Waals surface area contributed by atoms with Crippen molar-refractivity contribution >= 4 is 25.7 Å². The molecule has 11 nitrogen and oxygen atoms in total. The molecule has 0 heterocycles. The lowest BCUT2D eigenvalue weighted by molar-refractivity contribution is -0.161. The third-order valence-corrected chi connectivity index (χ3v) is 14.2. The Morgan fingerprint density at radius 2 is 0.667 bits per heavy atom. The predicted molar refractivity (Wildman–Crippen MR) is 325 cm³/mol. The number of hydrogen-bond donors (Lipinski definition) is 2. The molecule has 0 aliphatic rings. The van der Waals surface area contributed by atoms with Crippen LogP contribution in [0.25, 0.3) is 0 Å². The van der Waals surface area contributed by atoms with Crippen molar-refractivity contribution in [3.05, 3.63) is 85.1 Å². The van der Waals surface area contributed by atoms with Crippen molar-refractivity contribution in [2.24, 2.45) is 0 Å². The first-order valence-electron chi connectivity index (χ1n) is 31.5. The number of carbonyl (C=O) groups excluding carboxylic acids is 3. The molecule has 2 N–H and O–H groups in total. The second-order valence-corrected chi connectivity index (χ2v) is 22.3. The minimum atomic E-state index is -4.76. The minimum absolute atomic E-state index is 0.156. The van der Waals surface area contributed by atoms with Crippen LogP contribution < -0.4 is 0 Å². The van der Waals surface area contributed by atoms with E-state index in [0.717, 1.165) is 116 Å². The Morgan fingerprint density at radius 1 is 0.372 bits per heavy atom. The van der Waals surface area contributed by atoms with Gasteiger partial charge in [-0.1, -0.05) is 228 Å². The molecule has 0 bridgehead atoms. The average Bonchev–Trinajstić information content (AvgIpc) is 3.43. The van der Waals surface area contributed by atoms with Gasteiger partial charge in [0, 0.05) is 19.3 Å². The molecule has 0 aromatic carbocycles. The Balaban J connectivity index is 4.76. The van der Waals surface area contributed by atoms with Crippen LogP contribution in [-0.4, -0.2) is 66.5 Å². The van der Waals surface area contributed by atoms with Crippen molar-refractivity contribution in [2.45, 2.75) is 290 Å². The zero-order chi connectivity index (χ0) is 56.9. The summed E-state index contributed by atoms with van der Waals surface area (Å²) in [7, 11) is -4.76. The first-order valence-corrected chi connectivity index (χ1v) is 33.0. The first-order chi connectivity index (χ1) is 38.2. The van der Waals surface area contributed by atoms with Gasteiger partial charge >= 0.3 is 25.7 Å². The predicted octanol–water partition coefficient (Wildman–Crippen LogP) is 19.0. The van der Waals surface area contributed by atoms with Gasteiger partial charge in [-0.25, -0.2) is 4.57 Å². The molecule has 0 saturated heterocycles. The SMILES string of the molecule is CC/C=C\C/C=C\C/C=C\C/C=C\CCCCCCC(=O)OCC(COP(=O)(O)OCC(CO)OC(=O)CCCCCCC/C=C\C/C=C\CCCCC)OC(=O)CCCCCCCCCCC/C=C\CCCCCCCC. The van der Waals surface area contributed by atoms with Crippen LogP contribution in [0.1, 0.15) is 278 Å². The molecule has 0 aliphatic heterocycles. The number of unbranched alkanes of at least 4 members (excludes halogenated alkanes) is 27. The number of aliphatic hydroxyl groups is 1. The van der Waals surface area contributed by atoms with Crippen LogP contribution >= 0.6 is 7.82 Å². The molecule has 0 fully saturated rings. The van der Waals surface area contributed by atoms with Crippen molar-refractivity contribution in [1.29, 1.82) is 0 Å². The standard InChI is InChI=1S/C66H115O11P/c1-4-7-10-13-16-19-22-25-28-30-31-33-36-39-42-45-48-51-54-57-66(70)77-63(59-73-64(68)55-52-49-46-43-40-37-35-32-29-26-23-20-17-14-11-8-5-2)61-75-78(71,72)74-60-62(58-67)76-65(69)56-53-50-47-44-41-38-34-27-24-21-18-15-12-9-6-3/h8,11,17-18,20-21,25-29,34-35,37,62-63,67H,4-7,9-10,12-16,19,22-24,30-33,36,38-61H2,1-3H3,(H,71,72)/b11-8-,20-17-,21-18-,28-25-,29-26-,34-27-,37-35-. The van der Waals surface area contributed by atoms with Crippen molar-refractivity contribution in [3.8, 4) is 0 Å². The molecule has 0 radical (unpaired) electrons. The van der Waals surface area contributed by atoms with Crippen LogP contribution in [0.15, 0.2) is 85.1 Å². The fraction of sp³-hybridized carbons (Fsp3) is 0.742. The van der Waals surface area contributed by atoms with Crippen LogP contribution in [0, 0.1) is 0 Å². The van der Waals surface area contributed by atoms with E-state index in [0.29, 0.717) is 19.3 Å². The number of carbonyl (C=O) groups is 3. The number of allylic oxidation sites excluding steroid dienone is 14. The van der Waals surface area contributed by atoms with Crippen molar-refractivity contribution < 1.29 is 52.2 Å². The van der Waals surface area contributed by atoms with E-state index < -0.39 is 57.8 Å². The van der Waals surface area contributed by atoms with Gasteiger partial charge in [-0.2, -0.15) is 0 Å². The number of esters is 3. The normalized spacial score (nSPS) is 13.9. The average molecular weight is 1120 g/mol. The molecule has 0 aromatic rings. The molecular formula is C66H115O11P. The van der Waals surface area contributed by atoms with E-state index in [1.807, 2.05) is 0 Å². The van der Waals surface area contributed by atoms with Crippen molar-refractivity contribution in [3.63, 3.8) is 0 Å². The van der Waals surface area contributed by atoms with Crippen LogP contribution in [0.5, 0.6) is 0 Å². The lowest BCUT2D eigenvalue weighted by Gasteiger charge is -2.21. The van der Waals surface area contributed by atoms with E-state index in [1.165, 1.54) is 103 Å². The quantitative estimate of drug-likeness (QED) is 0.0197. The van der Waals surface area contributed by atoms with E-state index in [2.05, 4.69) is 106 Å². The van der Waals surface area contributed by atoms with Gasteiger partial charge in [-0.05, 0) is 116 Å². The monoisotopic (exact) mass is 1110 g/mol. The van der Waals surface area contributed by atoms with Crippen LogP contribution in [0.2, 0.25) is 0 Å². The third-order valence-electron chi connectivity index (χ3n) is 13.3. The van der Waals surface area contributed by atoms with Gasteiger partial charge in [-0.15, -0.1) is 0 Å². The maximum atomic E-state index is 13.0. The molecule has 0 amide bonds. The Kier molecular flexibility index (Phi) is 57.2. The molecule has 3 atom stereocenters. The van der Waals surface area contributed by atoms with E-state index >= 15 is 0 Å². The summed E-state index contributed by atoms with van der Waals surface area (Å²) in [4.78, 5) is 48.7. The van der Waals surface area contributed by atoms with Gasteiger partial charge in [0.2, 0.25) is 0 Å². The van der Waals surface area contributed by atoms with Crippen LogP contribution in [-0.2, 0) is 42.2 Å². The van der Waals surface area contributed by atoms with Crippen molar-refractivity contribution in [2.75, 3.05) is 26.4 Å². The lowest BCUT2D eigenvalue weighted by Crippen LogP contribution is -2.30. The summed E-state index contributed by atoms with van der Waals surface area (Å²) in [6, 6.07) is 0. The third kappa shape index (κ3) is 57.3. The summed E-state index contributed by atoms with van der Waals surface area (Å²) in [5.74, 6) is -1.50. The lowest BCUT2D eigenvalue weighted by atomic mass is 10.1. The van der Waals surface area contributed by atoms with Gasteiger partial charge in [0.1, 0.15) is 12.7 Å². The smallest absolute Gasteiger partial charge is 0.462 e. The maximum Gasteiger partial charge on any atom is 0.472 e. The zero-order valence-electron chi connectivity index (χ0n) is 49.9. The van der Waals surface area contributed by atoms with Gasteiger partial charge in [0.15, 0.2) is 6.10 Å². The number of rotatable bonds is 58. The Morgan fingerprint density at radius 3 is 1.06 bits per heavy atom. The summed E-state index contributed by atoms with van der Waals surface area (Å²) < 4.78 is 39.6. The fourth-order valence-corrected chi connectivity index (χ4v) is 9.27. The van der Waals surface area contributed by atoms with Gasteiger partial charge in [-0.3, -0.25) is 23.4 Å². The fourth-order valence-electron chi connectivity index (χ4n) is 8.49. The molecule has 450 valence electrons. The second kappa shape index (κ2) is 59.8. The molecule has 0 spiro atoms. The van der Waals surface area contributed by atoms with E-state index in [-0.39, 0.29) is 25.9 Å². The highest BCUT2D eigenvalue weighted by Crippen LogP contribution is 2.43. The number of aliphatic hydroxyl groups excluding tert-OH is 1. The van der Waals surface area contributed by atoms with E-state index in [9.17, 15) is 28.9 Å². The first kappa shape index (κ1) is 74.7. The molecule has 0 aromatic heterocycles. The molecule has 0 saturated carbocycles. The second-order valence-electron chi connectivity index (χ2n) is 20.8. The van der Waals surface area contributed by atoms with Crippen LogP contribution in [0.3, 0.4) is 0 Å². The Labute approximate surface area is 477 Å². The van der Waals surface area contributed by atoms with Crippen molar-refractivity contribution in [1.82, 2.24) is 0 Å². The highest BCUT2D eigenvalue weighted by molar-refractivity contribution is 7.47. The minimum Gasteiger partial charge on any atom is -0.462 e. The molecule has 3 unspecified atom stereocenters. The summed E-state index contributed by atoms with van der Waals surface area (Å²) in [5.41, 5.74) is 0. The maximum absolute atomic E-state index is 13.0. The number of ether oxygens (including phenoxy) is 3. The van der Waals surface area contributed by atoms with Gasteiger partial charge < -0.3 is 24.2 Å². The summed E-state index contributed by atoms with van der Waals surface area (Å²) in [6.07, 6.45) is 69.6. The number of phosphoric acid groups is 1. The molecule has 0 aliphatic carbocycles. The Hall–Kier alpha value is -3.34. The van der Waals surface area contributed by atoms with Gasteiger partial charge in [0.25, 0.3) is 0 Å². The largest absolute Gasteiger partial charge is 0.472 e. The highest BCUT2D eigenvalue weighted by atomic mass is 31.2. The summed E-state index contributed by atoms with van der Waals surface area (Å²) in [5, 5.41) is 9.84. The molecule has 78 heavy (non-hydrogen) atoms. The topological polar surface area (TPSA) is 155 Å². The molecular weight excluding hydrogens is 1000 g/mol. The summed E-state index contributed by atoms with van der Waals surface area (Å²) in [6.45, 7) is 4.48. The summed E-state index contributed by atoms with van der Waals surface area (Å²) >= 11 is 0. The number of hydrogen-bond acceptors (Lipinski definition) is 10. The zero-order valence-corrected chi connectivity index (χ0v) is 50.8. The Bertz CT molecular complexity index is 1630. The van der Waals surface area contributed by atoms with E-state index in [1.54, 1.807) is 0 Å². The molecule has 0 rings (SSSR count).